The molecule has 1 aliphatic heterocycles. The minimum atomic E-state index is -0.853. The fourth-order valence-corrected chi connectivity index (χ4v) is 3.87. The average molecular weight is 519 g/mol. The van der Waals surface area contributed by atoms with Crippen molar-refractivity contribution in [3.8, 4) is 17.2 Å². The lowest BCUT2D eigenvalue weighted by molar-refractivity contribution is -0.122. The molecule has 0 aromatic heterocycles. The van der Waals surface area contributed by atoms with Crippen LogP contribution in [0.4, 0.5) is 10.5 Å². The van der Waals surface area contributed by atoms with Crippen LogP contribution in [0.2, 0.25) is 5.02 Å². The molecule has 0 aliphatic carbocycles. The van der Waals surface area contributed by atoms with Crippen LogP contribution in [0.5, 0.6) is 17.2 Å². The van der Waals surface area contributed by atoms with E-state index in [1.54, 1.807) is 36.4 Å². The maximum atomic E-state index is 13.2. The van der Waals surface area contributed by atoms with Gasteiger partial charge in [0.15, 0.2) is 11.5 Å². The van der Waals surface area contributed by atoms with Crippen LogP contribution in [0, 0.1) is 0 Å². The number of hydrogen-bond donors (Lipinski definition) is 1. The zero-order valence-corrected chi connectivity index (χ0v) is 20.7. The number of benzene rings is 3. The molecule has 0 atom stereocenters. The smallest absolute Gasteiger partial charge is 0.335 e. The number of halogens is 1. The second-order valence-electron chi connectivity index (χ2n) is 7.86. The van der Waals surface area contributed by atoms with Gasteiger partial charge in [0.05, 0.1) is 17.8 Å². The summed E-state index contributed by atoms with van der Waals surface area (Å²) in [5, 5.41) is 2.42. The Morgan fingerprint density at radius 2 is 1.73 bits per heavy atom. The van der Waals surface area contributed by atoms with Gasteiger partial charge in [-0.05, 0) is 53.6 Å². The number of nitrogens with one attached hydrogen (secondary N) is 1. The predicted octanol–water partition coefficient (Wildman–Crippen LogP) is 5.16. The van der Waals surface area contributed by atoms with Crippen molar-refractivity contribution in [1.82, 2.24) is 5.32 Å². The molecule has 3 aromatic rings. The molecule has 0 unspecified atom stereocenters. The Bertz CT molecular complexity index is 1370. The van der Waals surface area contributed by atoms with Gasteiger partial charge in [-0.2, -0.15) is 0 Å². The summed E-state index contributed by atoms with van der Waals surface area (Å²) in [5.41, 5.74) is 1.44. The highest BCUT2D eigenvalue weighted by Gasteiger charge is 2.37. The van der Waals surface area contributed by atoms with Crippen molar-refractivity contribution in [2.75, 3.05) is 18.6 Å². The van der Waals surface area contributed by atoms with Crippen molar-refractivity contribution in [3.63, 3.8) is 0 Å². The van der Waals surface area contributed by atoms with Gasteiger partial charge in [0.1, 0.15) is 24.5 Å². The molecule has 1 N–H and O–H groups in total. The van der Waals surface area contributed by atoms with Gasteiger partial charge >= 0.3 is 6.03 Å². The lowest BCUT2D eigenvalue weighted by Gasteiger charge is -2.26. The minimum Gasteiger partial charge on any atom is -0.493 e. The average Bonchev–Trinajstić information content (AvgIpc) is 2.90. The molecule has 8 nitrogen and oxygen atoms in total. The zero-order valence-electron chi connectivity index (χ0n) is 19.9. The van der Waals surface area contributed by atoms with E-state index >= 15 is 0 Å². The second-order valence-corrected chi connectivity index (χ2v) is 8.27. The molecule has 37 heavy (non-hydrogen) atoms. The van der Waals surface area contributed by atoms with Gasteiger partial charge in [-0.15, -0.1) is 0 Å². The number of imide groups is 2. The monoisotopic (exact) mass is 518 g/mol. The number of hydrogen-bond acceptors (Lipinski definition) is 6. The summed E-state index contributed by atoms with van der Waals surface area (Å²) >= 11 is 6.34. The third-order valence-electron chi connectivity index (χ3n) is 5.35. The van der Waals surface area contributed by atoms with Crippen molar-refractivity contribution >= 4 is 41.2 Å². The Labute approximate surface area is 218 Å². The number of barbiturate groups is 1. The zero-order chi connectivity index (χ0) is 26.4. The summed E-state index contributed by atoms with van der Waals surface area (Å²) in [6, 6.07) is 18.3. The molecule has 1 heterocycles. The van der Waals surface area contributed by atoms with Crippen molar-refractivity contribution in [1.29, 1.82) is 0 Å². The number of nitrogens with zero attached hydrogens (tertiary/aromatic N) is 1. The van der Waals surface area contributed by atoms with Gasteiger partial charge < -0.3 is 14.2 Å². The number of urea groups is 1. The molecule has 1 saturated heterocycles. The summed E-state index contributed by atoms with van der Waals surface area (Å²) in [7, 11) is 1.44. The van der Waals surface area contributed by atoms with Crippen molar-refractivity contribution in [3.05, 3.63) is 101 Å². The number of carbonyl (C=O) groups excluding carboxylic acids is 3. The van der Waals surface area contributed by atoms with Crippen molar-refractivity contribution in [2.45, 2.75) is 6.61 Å². The number of carbonyl (C=O) groups is 3. The SMILES string of the molecule is C=CCOc1c(Cl)cc(/C=C2\C(=O)NC(=O)N(c3ccc(OCc4ccccc4)cc3)C2=O)cc1OC. The summed E-state index contributed by atoms with van der Waals surface area (Å²) < 4.78 is 16.6. The van der Waals surface area contributed by atoms with Crippen LogP contribution in [0.25, 0.3) is 6.08 Å². The Morgan fingerprint density at radius 1 is 1.00 bits per heavy atom. The largest absolute Gasteiger partial charge is 0.493 e. The number of ether oxygens (including phenoxy) is 3. The normalized spacial score (nSPS) is 14.4. The highest BCUT2D eigenvalue weighted by molar-refractivity contribution is 6.39. The molecule has 0 saturated carbocycles. The topological polar surface area (TPSA) is 94.2 Å². The summed E-state index contributed by atoms with van der Waals surface area (Å²) in [4.78, 5) is 39.2. The highest BCUT2D eigenvalue weighted by Crippen LogP contribution is 2.37. The summed E-state index contributed by atoms with van der Waals surface area (Å²) in [5.74, 6) is -0.435. The molecule has 9 heteroatoms. The van der Waals surface area contributed by atoms with Crippen LogP contribution in [-0.4, -0.2) is 31.6 Å². The van der Waals surface area contributed by atoms with Gasteiger partial charge in [0.25, 0.3) is 11.8 Å². The number of methoxy groups -OCH3 is 1. The number of amides is 4. The number of rotatable bonds is 9. The summed E-state index contributed by atoms with van der Waals surface area (Å²) in [6.45, 7) is 4.18. The fourth-order valence-electron chi connectivity index (χ4n) is 3.60. The minimum absolute atomic E-state index is 0.213. The Morgan fingerprint density at radius 3 is 2.41 bits per heavy atom. The van der Waals surface area contributed by atoms with Crippen molar-refractivity contribution < 1.29 is 28.6 Å². The molecule has 4 amide bonds. The van der Waals surface area contributed by atoms with Crippen LogP contribution in [-0.2, 0) is 16.2 Å². The Balaban J connectivity index is 1.57. The highest BCUT2D eigenvalue weighted by atomic mass is 35.5. The molecule has 0 bridgehead atoms. The molecule has 0 spiro atoms. The molecular weight excluding hydrogens is 496 g/mol. The maximum Gasteiger partial charge on any atom is 0.335 e. The molecular formula is C28H23ClN2O6. The first-order valence-corrected chi connectivity index (χ1v) is 11.6. The van der Waals surface area contributed by atoms with E-state index < -0.39 is 17.8 Å². The lowest BCUT2D eigenvalue weighted by atomic mass is 10.1. The van der Waals surface area contributed by atoms with Crippen LogP contribution in [0.15, 0.2) is 85.0 Å². The third-order valence-corrected chi connectivity index (χ3v) is 5.63. The van der Waals surface area contributed by atoms with Crippen LogP contribution < -0.4 is 24.4 Å². The summed E-state index contributed by atoms with van der Waals surface area (Å²) in [6.07, 6.45) is 2.89. The van der Waals surface area contributed by atoms with E-state index in [9.17, 15) is 14.4 Å². The second kappa shape index (κ2) is 11.5. The van der Waals surface area contributed by atoms with Gasteiger partial charge in [-0.3, -0.25) is 14.9 Å². The van der Waals surface area contributed by atoms with Gasteiger partial charge in [0, 0.05) is 0 Å². The Kier molecular flexibility index (Phi) is 7.90. The van der Waals surface area contributed by atoms with E-state index in [0.29, 0.717) is 29.4 Å². The van der Waals surface area contributed by atoms with Crippen LogP contribution in [0.1, 0.15) is 11.1 Å². The third kappa shape index (κ3) is 5.82. The molecule has 1 aliphatic rings. The first-order valence-electron chi connectivity index (χ1n) is 11.2. The van der Waals surface area contributed by atoms with Gasteiger partial charge in [-0.1, -0.05) is 54.6 Å². The van der Waals surface area contributed by atoms with Gasteiger partial charge in [0.2, 0.25) is 0 Å². The molecule has 3 aromatic carbocycles. The van der Waals surface area contributed by atoms with Crippen LogP contribution in [0.3, 0.4) is 0 Å². The van der Waals surface area contributed by atoms with E-state index in [0.717, 1.165) is 10.5 Å². The number of anilines is 1. The van der Waals surface area contributed by atoms with E-state index in [1.165, 1.54) is 19.3 Å². The molecule has 4 rings (SSSR count). The lowest BCUT2D eigenvalue weighted by Crippen LogP contribution is -2.54. The van der Waals surface area contributed by atoms with Crippen molar-refractivity contribution in [2.24, 2.45) is 0 Å². The Hall–Kier alpha value is -4.56. The van der Waals surface area contributed by atoms with Crippen LogP contribution >= 0.6 is 11.6 Å². The van der Waals surface area contributed by atoms with E-state index in [1.807, 2.05) is 30.3 Å². The first-order chi connectivity index (χ1) is 17.9. The van der Waals surface area contributed by atoms with E-state index in [2.05, 4.69) is 11.9 Å². The predicted molar refractivity (Wildman–Crippen MR) is 140 cm³/mol. The van der Waals surface area contributed by atoms with E-state index in [-0.39, 0.29) is 22.9 Å². The standard InChI is InChI=1S/C28H23ClN2O6/c1-3-13-36-25-23(29)15-19(16-24(25)35-2)14-22-26(32)30-28(34)31(27(22)33)20-9-11-21(12-10-20)37-17-18-7-5-4-6-8-18/h3-12,14-16H,1,13,17H2,2H3,(H,30,32,34)/b22-14+. The quantitative estimate of drug-likeness (QED) is 0.239. The fraction of sp³-hybridized carbons (Fsp3) is 0.107. The molecule has 1 fully saturated rings. The first kappa shape index (κ1) is 25.5. The van der Waals surface area contributed by atoms with E-state index in [4.69, 9.17) is 25.8 Å². The molecule has 0 radical (unpaired) electrons. The molecule has 188 valence electrons. The van der Waals surface area contributed by atoms with Gasteiger partial charge in [-0.25, -0.2) is 9.69 Å². The maximum absolute atomic E-state index is 13.2.